The largest absolute Gasteiger partial charge is 0.457 e. The molecule has 0 spiro atoms. The molecule has 13 aromatic rings. The predicted molar refractivity (Wildman–Crippen MR) is 383 cm³/mol. The maximum Gasteiger partial charge on any atom is 0.179 e. The van der Waals surface area contributed by atoms with Crippen molar-refractivity contribution < 1.29 is 4.74 Å². The summed E-state index contributed by atoms with van der Waals surface area (Å²) in [5.74, 6) is 2.35. The van der Waals surface area contributed by atoms with Gasteiger partial charge in [-0.1, -0.05) is 269 Å². The minimum atomic E-state index is -2.86. The van der Waals surface area contributed by atoms with Crippen molar-refractivity contribution in [2.45, 2.75) is 78.6 Å². The molecule has 0 bridgehead atoms. The Kier molecular flexibility index (Phi) is 14.7. The highest BCUT2D eigenvalue weighted by atomic mass is 28.3. The van der Waals surface area contributed by atoms with Gasteiger partial charge in [0.05, 0.1) is 22.4 Å². The van der Waals surface area contributed by atoms with Crippen molar-refractivity contribution in [1.29, 1.82) is 0 Å². The molecule has 0 saturated heterocycles. The van der Waals surface area contributed by atoms with E-state index in [0.29, 0.717) is 6.67 Å². The summed E-state index contributed by atoms with van der Waals surface area (Å²) in [5, 5.41) is 7.62. The lowest BCUT2D eigenvalue weighted by Crippen LogP contribution is -2.74. The number of aromatic nitrogens is 2. The topological polar surface area (TPSA) is 33.5 Å². The van der Waals surface area contributed by atoms with Crippen LogP contribution in [0.2, 0.25) is 0 Å². The highest BCUT2D eigenvalue weighted by Gasteiger charge is 2.42. The molecular weight excluding hydrogens is 1110 g/mol. The standard InChI is InChI=1S/C84H76N4OSi/c1-82(2,3)60-48-49-85-79(53-60)88-76-47-45-70(90(67-34-19-12-20-35-67,68-36-21-13-22-37-68)69-38-23-14-24-39-69)56-75(76)73-46-44-66(55-78(73)88)89-65-33-25-32-63(54-65)86-57-87(64-51-61(83(4,5)6)50-62(52-64)84(7,8)9)81-74(42-27-43-77(81)86)80-71(58-28-15-10-16-29-58)40-26-41-72(80)59-30-17-11-18-31-59/h10-56H,57H2,1-9H3. The van der Waals surface area contributed by atoms with Crippen LogP contribution in [-0.4, -0.2) is 24.3 Å². The molecule has 0 amide bonds. The van der Waals surface area contributed by atoms with Crippen molar-refractivity contribution in [3.8, 4) is 50.7 Å². The van der Waals surface area contributed by atoms with Crippen molar-refractivity contribution in [2.75, 3.05) is 16.5 Å². The molecule has 5 nitrogen and oxygen atoms in total. The number of fused-ring (bicyclic) bond motifs is 4. The number of ether oxygens (including phenoxy) is 1. The monoisotopic (exact) mass is 1180 g/mol. The maximum atomic E-state index is 7.16. The van der Waals surface area contributed by atoms with Gasteiger partial charge >= 0.3 is 0 Å². The number of rotatable bonds is 12. The summed E-state index contributed by atoms with van der Waals surface area (Å²) in [7, 11) is -2.86. The number of nitrogens with zero attached hydrogens (tertiary/aromatic N) is 4. The average Bonchev–Trinajstić information content (AvgIpc) is 1.39. The highest BCUT2D eigenvalue weighted by molar-refractivity contribution is 7.20. The predicted octanol–water partition coefficient (Wildman–Crippen LogP) is 19.5. The van der Waals surface area contributed by atoms with E-state index in [1.54, 1.807) is 0 Å². The van der Waals surface area contributed by atoms with Gasteiger partial charge in [0.2, 0.25) is 0 Å². The number of para-hydroxylation sites is 1. The normalized spacial score (nSPS) is 12.9. The van der Waals surface area contributed by atoms with Crippen LogP contribution in [0.3, 0.4) is 0 Å². The molecule has 0 saturated carbocycles. The van der Waals surface area contributed by atoms with Crippen LogP contribution >= 0.6 is 0 Å². The van der Waals surface area contributed by atoms with E-state index >= 15 is 0 Å². The Balaban J connectivity index is 0.926. The second-order valence-electron chi connectivity index (χ2n) is 27.2. The van der Waals surface area contributed by atoms with Gasteiger partial charge in [0.15, 0.2) is 8.07 Å². The molecule has 11 aromatic carbocycles. The van der Waals surface area contributed by atoms with Crippen molar-refractivity contribution in [3.05, 3.63) is 302 Å². The third-order valence-electron chi connectivity index (χ3n) is 18.3. The van der Waals surface area contributed by atoms with Crippen LogP contribution < -0.4 is 35.3 Å². The lowest BCUT2D eigenvalue weighted by atomic mass is 9.80. The van der Waals surface area contributed by atoms with Crippen LogP contribution in [0.4, 0.5) is 22.7 Å². The molecule has 2 aromatic heterocycles. The molecule has 0 N–H and O–H groups in total. The van der Waals surface area contributed by atoms with Gasteiger partial charge in [-0.2, -0.15) is 0 Å². The first-order valence-electron chi connectivity index (χ1n) is 31.6. The van der Waals surface area contributed by atoms with Gasteiger partial charge in [0, 0.05) is 46.0 Å². The first kappa shape index (κ1) is 57.7. The molecule has 0 fully saturated rings. The van der Waals surface area contributed by atoms with Gasteiger partial charge in [-0.3, -0.25) is 4.57 Å². The number of anilines is 4. The molecule has 0 aliphatic carbocycles. The smallest absolute Gasteiger partial charge is 0.179 e. The van der Waals surface area contributed by atoms with Gasteiger partial charge < -0.3 is 14.5 Å². The summed E-state index contributed by atoms with van der Waals surface area (Å²) >= 11 is 0. The molecule has 442 valence electrons. The molecule has 90 heavy (non-hydrogen) atoms. The number of pyridine rings is 1. The Hall–Kier alpha value is -10.0. The van der Waals surface area contributed by atoms with Crippen LogP contribution in [0, 0.1) is 0 Å². The van der Waals surface area contributed by atoms with Crippen LogP contribution in [0.15, 0.2) is 285 Å². The van der Waals surface area contributed by atoms with E-state index < -0.39 is 8.07 Å². The molecule has 14 rings (SSSR count). The van der Waals surface area contributed by atoms with E-state index in [4.69, 9.17) is 9.72 Å². The molecule has 6 heteroatoms. The third-order valence-corrected chi connectivity index (χ3v) is 23.1. The zero-order valence-corrected chi connectivity index (χ0v) is 54.0. The Bertz CT molecular complexity index is 4580. The highest BCUT2D eigenvalue weighted by Crippen LogP contribution is 2.54. The summed E-state index contributed by atoms with van der Waals surface area (Å²) in [6.45, 7) is 21.3. The Morgan fingerprint density at radius 2 is 0.889 bits per heavy atom. The van der Waals surface area contributed by atoms with E-state index in [9.17, 15) is 0 Å². The third kappa shape index (κ3) is 10.5. The van der Waals surface area contributed by atoms with Crippen LogP contribution in [0.5, 0.6) is 11.5 Å². The van der Waals surface area contributed by atoms with Crippen LogP contribution in [-0.2, 0) is 16.2 Å². The van der Waals surface area contributed by atoms with Gasteiger partial charge in [-0.25, -0.2) is 4.98 Å². The molecule has 0 unspecified atom stereocenters. The Labute approximate surface area is 532 Å². The maximum absolute atomic E-state index is 7.16. The van der Waals surface area contributed by atoms with E-state index in [1.807, 2.05) is 6.20 Å². The second-order valence-corrected chi connectivity index (χ2v) is 31.1. The van der Waals surface area contributed by atoms with Gasteiger partial charge in [-0.15, -0.1) is 0 Å². The van der Waals surface area contributed by atoms with Crippen LogP contribution in [0.1, 0.15) is 79.0 Å². The molecular formula is C84H76N4OSi. The fourth-order valence-electron chi connectivity index (χ4n) is 13.6. The summed E-state index contributed by atoms with van der Waals surface area (Å²) < 4.78 is 9.51. The Morgan fingerprint density at radius 1 is 0.367 bits per heavy atom. The summed E-state index contributed by atoms with van der Waals surface area (Å²) in [6.07, 6.45) is 1.96. The van der Waals surface area contributed by atoms with Crippen molar-refractivity contribution in [1.82, 2.24) is 9.55 Å². The fraction of sp³-hybridized carbons (Fsp3) is 0.155. The van der Waals surface area contributed by atoms with Gasteiger partial charge in [0.1, 0.15) is 24.0 Å². The van der Waals surface area contributed by atoms with Gasteiger partial charge in [0.25, 0.3) is 0 Å². The summed E-state index contributed by atoms with van der Waals surface area (Å²) in [4.78, 5) is 10.2. The van der Waals surface area contributed by atoms with E-state index in [1.165, 1.54) is 81.9 Å². The lowest BCUT2D eigenvalue weighted by molar-refractivity contribution is 0.483. The number of hydrogen-bond donors (Lipinski definition) is 0. The number of hydrogen-bond acceptors (Lipinski definition) is 4. The zero-order chi connectivity index (χ0) is 61.9. The van der Waals surface area contributed by atoms with E-state index in [2.05, 4.69) is 356 Å². The van der Waals surface area contributed by atoms with E-state index in [0.717, 1.165) is 50.8 Å². The minimum Gasteiger partial charge on any atom is -0.457 e. The van der Waals surface area contributed by atoms with Crippen molar-refractivity contribution in [3.63, 3.8) is 0 Å². The second kappa shape index (κ2) is 22.9. The van der Waals surface area contributed by atoms with Crippen molar-refractivity contribution in [2.24, 2.45) is 0 Å². The molecule has 1 aliphatic heterocycles. The van der Waals surface area contributed by atoms with Crippen molar-refractivity contribution >= 4 is 73.4 Å². The molecule has 1 aliphatic rings. The first-order valence-corrected chi connectivity index (χ1v) is 33.6. The van der Waals surface area contributed by atoms with Gasteiger partial charge in [-0.05, 0) is 142 Å². The molecule has 3 heterocycles. The molecule has 0 radical (unpaired) electrons. The minimum absolute atomic E-state index is 0.0856. The van der Waals surface area contributed by atoms with Crippen LogP contribution in [0.25, 0.3) is 61.0 Å². The van der Waals surface area contributed by atoms with E-state index in [-0.39, 0.29) is 16.2 Å². The Morgan fingerprint density at radius 3 is 1.46 bits per heavy atom. The quantitative estimate of drug-likeness (QED) is 0.0902. The number of benzene rings is 11. The fourth-order valence-corrected chi connectivity index (χ4v) is 18.4. The lowest BCUT2D eigenvalue weighted by Gasteiger charge is -2.34. The zero-order valence-electron chi connectivity index (χ0n) is 53.0. The molecule has 0 atom stereocenters. The SMILES string of the molecule is CC(C)(C)c1cc(N2CN(c3cccc(Oc4ccc5c6cc([Si](c7ccccc7)(c7ccccc7)c7ccccc7)ccc6n(-c6cc(C(C)(C)C)ccn6)c5c4)c3)c3cccc(-c4c(-c5ccccc5)cccc4-c4ccccc4)c32)cc(C(C)(C)C)c1. The summed E-state index contributed by atoms with van der Waals surface area (Å²) in [6, 6.07) is 103. The first-order chi connectivity index (χ1) is 43.5. The summed E-state index contributed by atoms with van der Waals surface area (Å²) in [5.41, 5.74) is 17.3. The average molecular weight is 1190 g/mol.